The number of imidazole rings is 1. The van der Waals surface area contributed by atoms with Gasteiger partial charge in [0.2, 0.25) is 0 Å². The number of benzene rings is 1. The maximum absolute atomic E-state index is 11.8. The molecule has 4 rings (SSSR count). The Bertz CT molecular complexity index is 1070. The molecule has 0 aliphatic carbocycles. The molecule has 0 saturated carbocycles. The molecule has 1 fully saturated rings. The number of carboxylic acid groups (broad SMARTS) is 1. The Balaban J connectivity index is 1.61. The normalized spacial score (nSPS) is 24.4. The number of nitrogens with one attached hydrogen (secondary N) is 1. The van der Waals surface area contributed by atoms with Crippen LogP contribution in [0.1, 0.15) is 11.8 Å². The van der Waals surface area contributed by atoms with Gasteiger partial charge >= 0.3 is 5.97 Å². The van der Waals surface area contributed by atoms with E-state index in [-0.39, 0.29) is 29.2 Å². The van der Waals surface area contributed by atoms with Crippen molar-refractivity contribution in [1.29, 1.82) is 0 Å². The van der Waals surface area contributed by atoms with Gasteiger partial charge in [-0.1, -0.05) is 12.1 Å². The molecule has 0 bridgehead atoms. The molecule has 1 aliphatic rings. The monoisotopic (exact) mass is 431 g/mol. The number of nitrogens with zero attached hydrogens (tertiary/aromatic N) is 4. The second-order valence-corrected chi connectivity index (χ2v) is 7.18. The lowest BCUT2D eigenvalue weighted by atomic mass is 10.1. The van der Waals surface area contributed by atoms with Gasteiger partial charge in [-0.15, -0.1) is 0 Å². The number of aliphatic carboxylic acids is 1. The third kappa shape index (κ3) is 4.01. The van der Waals surface area contributed by atoms with Gasteiger partial charge in [-0.3, -0.25) is 4.57 Å². The molecule has 164 valence electrons. The second-order valence-electron chi connectivity index (χ2n) is 7.18. The number of carbonyl (C=O) groups is 1. The summed E-state index contributed by atoms with van der Waals surface area (Å²) in [5, 5.41) is 51.4. The number of aliphatic hydroxyl groups excluding tert-OH is 3. The number of hydrogen-bond donors (Lipinski definition) is 6. The number of aromatic hydroxyl groups is 1. The highest BCUT2D eigenvalue weighted by molar-refractivity contribution is 5.86. The topological polar surface area (TPSA) is 183 Å². The summed E-state index contributed by atoms with van der Waals surface area (Å²) in [7, 11) is 0. The first-order valence-corrected chi connectivity index (χ1v) is 9.46. The Morgan fingerprint density at radius 2 is 1.90 bits per heavy atom. The molecule has 2 aromatic heterocycles. The first-order chi connectivity index (χ1) is 14.9. The van der Waals surface area contributed by atoms with Crippen LogP contribution in [0.15, 0.2) is 36.9 Å². The van der Waals surface area contributed by atoms with E-state index in [0.717, 1.165) is 0 Å². The SMILES string of the molecule is O=C(O)[C@@H](Cc1ccc(O)cc1)Nc1ncnc2c1ncn2[C@@H]1O[C@H](CO)C(O)[C@@H]1O. The van der Waals surface area contributed by atoms with Crippen LogP contribution in [0.25, 0.3) is 11.2 Å². The molecule has 0 amide bonds. The number of aromatic nitrogens is 4. The standard InChI is InChI=1S/C19H21N5O7/c25-6-12-14(27)15(28)18(31-12)24-8-22-13-16(20-7-21-17(13)24)23-11(19(29)30)5-9-1-3-10(26)4-2-9/h1-4,7-8,11-12,14-15,18,25-28H,5-6H2,(H,29,30)(H,20,21,23)/t11-,12-,14?,15+,18-/m1/s1. The van der Waals surface area contributed by atoms with Gasteiger partial charge in [-0.05, 0) is 17.7 Å². The summed E-state index contributed by atoms with van der Waals surface area (Å²) >= 11 is 0. The first-order valence-electron chi connectivity index (χ1n) is 9.46. The van der Waals surface area contributed by atoms with Gasteiger partial charge in [-0.2, -0.15) is 0 Å². The number of phenols is 1. The number of carboxylic acids is 1. The van der Waals surface area contributed by atoms with E-state index in [0.29, 0.717) is 5.56 Å². The first kappa shape index (κ1) is 20.9. The lowest BCUT2D eigenvalue weighted by Crippen LogP contribution is -2.33. The van der Waals surface area contributed by atoms with Crippen LogP contribution in [0.4, 0.5) is 5.82 Å². The van der Waals surface area contributed by atoms with E-state index < -0.39 is 43.2 Å². The van der Waals surface area contributed by atoms with Gasteiger partial charge in [-0.25, -0.2) is 19.7 Å². The van der Waals surface area contributed by atoms with Gasteiger partial charge in [0.05, 0.1) is 12.9 Å². The highest BCUT2D eigenvalue weighted by Crippen LogP contribution is 2.32. The van der Waals surface area contributed by atoms with Crippen LogP contribution >= 0.6 is 0 Å². The van der Waals surface area contributed by atoms with Crippen molar-refractivity contribution in [1.82, 2.24) is 19.5 Å². The molecule has 6 N–H and O–H groups in total. The van der Waals surface area contributed by atoms with Crippen LogP contribution < -0.4 is 5.32 Å². The third-order valence-corrected chi connectivity index (χ3v) is 5.14. The van der Waals surface area contributed by atoms with Crippen LogP contribution in [0.5, 0.6) is 5.75 Å². The lowest BCUT2D eigenvalue weighted by Gasteiger charge is -2.17. The van der Waals surface area contributed by atoms with Crippen molar-refractivity contribution < 1.29 is 35.1 Å². The quantitative estimate of drug-likeness (QED) is 0.277. The minimum atomic E-state index is -1.32. The van der Waals surface area contributed by atoms with Gasteiger partial charge < -0.3 is 35.6 Å². The Hall–Kier alpha value is -3.32. The lowest BCUT2D eigenvalue weighted by molar-refractivity contribution is -0.137. The van der Waals surface area contributed by atoms with Crippen molar-refractivity contribution in [2.45, 2.75) is 37.0 Å². The minimum Gasteiger partial charge on any atom is -0.508 e. The zero-order valence-corrected chi connectivity index (χ0v) is 16.1. The number of hydrogen-bond acceptors (Lipinski definition) is 10. The predicted molar refractivity (Wildman–Crippen MR) is 105 cm³/mol. The molecule has 3 aromatic rings. The Kier molecular flexibility index (Phi) is 5.69. The number of anilines is 1. The van der Waals surface area contributed by atoms with E-state index >= 15 is 0 Å². The molecule has 1 unspecified atom stereocenters. The molecule has 1 aromatic carbocycles. The van der Waals surface area contributed by atoms with Gasteiger partial charge in [0, 0.05) is 6.42 Å². The fourth-order valence-corrected chi connectivity index (χ4v) is 3.49. The zero-order valence-electron chi connectivity index (χ0n) is 16.1. The van der Waals surface area contributed by atoms with E-state index in [1.54, 1.807) is 12.1 Å². The zero-order chi connectivity index (χ0) is 22.1. The van der Waals surface area contributed by atoms with Gasteiger partial charge in [0.25, 0.3) is 0 Å². The van der Waals surface area contributed by atoms with Gasteiger partial charge in [0.15, 0.2) is 23.2 Å². The molecule has 1 aliphatic heterocycles. The molecule has 0 spiro atoms. The molecule has 5 atom stereocenters. The summed E-state index contributed by atoms with van der Waals surface area (Å²) in [5.74, 6) is -0.860. The van der Waals surface area contributed by atoms with E-state index in [1.165, 1.54) is 29.4 Å². The predicted octanol–water partition coefficient (Wildman–Crippen LogP) is -0.749. The van der Waals surface area contributed by atoms with E-state index in [2.05, 4.69) is 20.3 Å². The van der Waals surface area contributed by atoms with Crippen LogP contribution in [-0.2, 0) is 16.0 Å². The molecule has 12 heteroatoms. The Morgan fingerprint density at radius 1 is 1.16 bits per heavy atom. The average molecular weight is 431 g/mol. The van der Waals surface area contributed by atoms with Crippen molar-refractivity contribution in [2.75, 3.05) is 11.9 Å². The number of phenolic OH excluding ortho intramolecular Hbond substituents is 1. The number of aliphatic hydroxyl groups is 3. The fraction of sp³-hybridized carbons (Fsp3) is 0.368. The van der Waals surface area contributed by atoms with Crippen molar-refractivity contribution in [3.8, 4) is 5.75 Å². The summed E-state index contributed by atoms with van der Waals surface area (Å²) in [5.41, 5.74) is 1.19. The van der Waals surface area contributed by atoms with Crippen LogP contribution in [0, 0.1) is 0 Å². The highest BCUT2D eigenvalue weighted by atomic mass is 16.6. The van der Waals surface area contributed by atoms with Crippen molar-refractivity contribution >= 4 is 23.0 Å². The number of ether oxygens (including phenoxy) is 1. The van der Waals surface area contributed by atoms with Crippen molar-refractivity contribution in [2.24, 2.45) is 0 Å². The van der Waals surface area contributed by atoms with E-state index in [9.17, 15) is 30.3 Å². The molecule has 3 heterocycles. The van der Waals surface area contributed by atoms with Crippen LogP contribution in [0.2, 0.25) is 0 Å². The molecule has 12 nitrogen and oxygen atoms in total. The molecule has 0 radical (unpaired) electrons. The van der Waals surface area contributed by atoms with Gasteiger partial charge in [0.1, 0.15) is 36.4 Å². The largest absolute Gasteiger partial charge is 0.508 e. The second kappa shape index (κ2) is 8.43. The maximum atomic E-state index is 11.8. The molecular formula is C19H21N5O7. The summed E-state index contributed by atoms with van der Waals surface area (Å²) in [6.07, 6.45) is -1.93. The highest BCUT2D eigenvalue weighted by Gasteiger charge is 2.44. The minimum absolute atomic E-state index is 0.0801. The summed E-state index contributed by atoms with van der Waals surface area (Å²) < 4.78 is 6.90. The number of fused-ring (bicyclic) bond motifs is 1. The van der Waals surface area contributed by atoms with E-state index in [1.807, 2.05) is 0 Å². The summed E-state index contributed by atoms with van der Waals surface area (Å²) in [4.78, 5) is 24.2. The summed E-state index contributed by atoms with van der Waals surface area (Å²) in [6.45, 7) is -0.472. The third-order valence-electron chi connectivity index (χ3n) is 5.14. The fourth-order valence-electron chi connectivity index (χ4n) is 3.49. The van der Waals surface area contributed by atoms with E-state index in [4.69, 9.17) is 4.74 Å². The molecule has 31 heavy (non-hydrogen) atoms. The molecular weight excluding hydrogens is 410 g/mol. The Labute approximate surface area is 175 Å². The van der Waals surface area contributed by atoms with Crippen molar-refractivity contribution in [3.05, 3.63) is 42.5 Å². The maximum Gasteiger partial charge on any atom is 0.326 e. The van der Waals surface area contributed by atoms with Crippen LogP contribution in [-0.4, -0.2) is 82.0 Å². The molecule has 1 saturated heterocycles. The smallest absolute Gasteiger partial charge is 0.326 e. The summed E-state index contributed by atoms with van der Waals surface area (Å²) in [6, 6.07) is 5.15. The average Bonchev–Trinajstić information content (AvgIpc) is 3.31. The van der Waals surface area contributed by atoms with Crippen molar-refractivity contribution in [3.63, 3.8) is 0 Å². The number of rotatable bonds is 7. The Morgan fingerprint density at radius 3 is 2.55 bits per heavy atom. The van der Waals surface area contributed by atoms with Crippen LogP contribution in [0.3, 0.4) is 0 Å².